The molecule has 6 heteroatoms. The zero-order chi connectivity index (χ0) is 11.5. The van der Waals surface area contributed by atoms with Gasteiger partial charge in [-0.3, -0.25) is 0 Å². The standard InChI is InChI=1S/C9H12BrNO3S/c1-7(12)6-11-15(13,14)9-4-2-3-8(10)5-9/h2-5,7,11-12H,6H2,1H3. The van der Waals surface area contributed by atoms with Gasteiger partial charge in [-0.15, -0.1) is 0 Å². The summed E-state index contributed by atoms with van der Waals surface area (Å²) in [6.45, 7) is 1.53. The zero-order valence-electron chi connectivity index (χ0n) is 8.14. The minimum absolute atomic E-state index is 0.00878. The lowest BCUT2D eigenvalue weighted by molar-refractivity contribution is 0.198. The van der Waals surface area contributed by atoms with Crippen molar-refractivity contribution in [3.8, 4) is 0 Å². The summed E-state index contributed by atoms with van der Waals surface area (Å²) in [5.41, 5.74) is 0. The zero-order valence-corrected chi connectivity index (χ0v) is 10.5. The van der Waals surface area contributed by atoms with Crippen molar-refractivity contribution in [3.63, 3.8) is 0 Å². The van der Waals surface area contributed by atoms with Crippen molar-refractivity contribution in [3.05, 3.63) is 28.7 Å². The van der Waals surface area contributed by atoms with Gasteiger partial charge in [0.2, 0.25) is 10.0 Å². The van der Waals surface area contributed by atoms with Crippen molar-refractivity contribution in [1.82, 2.24) is 4.72 Å². The summed E-state index contributed by atoms with van der Waals surface area (Å²) in [6, 6.07) is 6.38. The Balaban J connectivity index is 2.87. The molecule has 0 spiro atoms. The van der Waals surface area contributed by atoms with Crippen LogP contribution in [-0.2, 0) is 10.0 Å². The van der Waals surface area contributed by atoms with Gasteiger partial charge in [-0.1, -0.05) is 22.0 Å². The van der Waals surface area contributed by atoms with Crippen molar-refractivity contribution < 1.29 is 13.5 Å². The third-order valence-corrected chi connectivity index (χ3v) is 3.59. The Morgan fingerprint density at radius 2 is 2.20 bits per heavy atom. The van der Waals surface area contributed by atoms with Crippen LogP contribution in [-0.4, -0.2) is 26.2 Å². The maximum absolute atomic E-state index is 11.6. The van der Waals surface area contributed by atoms with Crippen molar-refractivity contribution in [2.24, 2.45) is 0 Å². The summed E-state index contributed by atoms with van der Waals surface area (Å²) < 4.78 is 26.3. The minimum Gasteiger partial charge on any atom is -0.392 e. The molecule has 0 amide bonds. The molecule has 1 atom stereocenters. The van der Waals surface area contributed by atoms with E-state index in [0.717, 1.165) is 0 Å². The van der Waals surface area contributed by atoms with E-state index in [1.807, 2.05) is 0 Å². The fourth-order valence-corrected chi connectivity index (χ4v) is 2.67. The van der Waals surface area contributed by atoms with E-state index in [-0.39, 0.29) is 11.4 Å². The molecule has 0 saturated heterocycles. The molecule has 0 heterocycles. The van der Waals surface area contributed by atoms with Crippen LogP contribution in [0.15, 0.2) is 33.6 Å². The van der Waals surface area contributed by atoms with Crippen LogP contribution in [0.2, 0.25) is 0 Å². The average molecular weight is 294 g/mol. The summed E-state index contributed by atoms with van der Waals surface area (Å²) in [7, 11) is -3.52. The Labute approximate surface area is 97.5 Å². The highest BCUT2D eigenvalue weighted by Crippen LogP contribution is 2.15. The smallest absolute Gasteiger partial charge is 0.240 e. The molecule has 2 N–H and O–H groups in total. The Bertz CT molecular complexity index is 431. The molecule has 4 nitrogen and oxygen atoms in total. The van der Waals surface area contributed by atoms with Crippen molar-refractivity contribution >= 4 is 26.0 Å². The summed E-state index contributed by atoms with van der Waals surface area (Å²) in [4.78, 5) is 0.178. The van der Waals surface area contributed by atoms with Crippen LogP contribution >= 0.6 is 15.9 Å². The third kappa shape index (κ3) is 3.90. The maximum atomic E-state index is 11.6. The number of hydrogen-bond donors (Lipinski definition) is 2. The molecule has 0 aromatic heterocycles. The first-order chi connectivity index (χ1) is 6.92. The summed E-state index contributed by atoms with van der Waals surface area (Å²) in [5.74, 6) is 0. The van der Waals surface area contributed by atoms with E-state index in [1.54, 1.807) is 12.1 Å². The van der Waals surface area contributed by atoms with Gasteiger partial charge in [0.05, 0.1) is 11.0 Å². The number of hydrogen-bond acceptors (Lipinski definition) is 3. The lowest BCUT2D eigenvalue weighted by atomic mass is 10.4. The molecule has 1 aromatic rings. The van der Waals surface area contributed by atoms with Crippen LogP contribution in [0.1, 0.15) is 6.92 Å². The van der Waals surface area contributed by atoms with E-state index in [0.29, 0.717) is 4.47 Å². The number of sulfonamides is 1. The molecule has 0 bridgehead atoms. The normalized spacial score (nSPS) is 13.8. The molecule has 1 unspecified atom stereocenters. The molecule has 15 heavy (non-hydrogen) atoms. The van der Waals surface area contributed by atoms with Crippen LogP contribution in [0, 0.1) is 0 Å². The second-order valence-corrected chi connectivity index (χ2v) is 5.84. The van der Waals surface area contributed by atoms with Crippen LogP contribution in [0.3, 0.4) is 0 Å². The lowest BCUT2D eigenvalue weighted by Crippen LogP contribution is -2.30. The van der Waals surface area contributed by atoms with E-state index in [1.165, 1.54) is 19.1 Å². The van der Waals surface area contributed by atoms with Crippen molar-refractivity contribution in [1.29, 1.82) is 0 Å². The van der Waals surface area contributed by atoms with Gasteiger partial charge in [-0.2, -0.15) is 0 Å². The Hall–Kier alpha value is -0.430. The van der Waals surface area contributed by atoms with E-state index < -0.39 is 16.1 Å². The van der Waals surface area contributed by atoms with E-state index in [2.05, 4.69) is 20.7 Å². The third-order valence-electron chi connectivity index (χ3n) is 1.68. The van der Waals surface area contributed by atoms with E-state index >= 15 is 0 Å². The van der Waals surface area contributed by atoms with Crippen LogP contribution in [0.25, 0.3) is 0 Å². The first-order valence-corrected chi connectivity index (χ1v) is 6.63. The largest absolute Gasteiger partial charge is 0.392 e. The molecule has 0 aliphatic heterocycles. The summed E-state index contributed by atoms with van der Waals surface area (Å²) in [5, 5.41) is 8.98. The molecule has 0 fully saturated rings. The van der Waals surface area contributed by atoms with Gasteiger partial charge in [0.15, 0.2) is 0 Å². The Kier molecular flexibility index (Phi) is 4.27. The average Bonchev–Trinajstić information content (AvgIpc) is 2.15. The van der Waals surface area contributed by atoms with Gasteiger partial charge in [0, 0.05) is 11.0 Å². The molecular formula is C9H12BrNO3S. The van der Waals surface area contributed by atoms with E-state index in [4.69, 9.17) is 5.11 Å². The number of aliphatic hydroxyl groups is 1. The Morgan fingerprint density at radius 3 is 2.73 bits per heavy atom. The highest BCUT2D eigenvalue weighted by Gasteiger charge is 2.14. The summed E-state index contributed by atoms with van der Waals surface area (Å²) in [6.07, 6.45) is -0.702. The van der Waals surface area contributed by atoms with Crippen LogP contribution in [0.4, 0.5) is 0 Å². The second-order valence-electron chi connectivity index (χ2n) is 3.16. The lowest BCUT2D eigenvalue weighted by Gasteiger charge is -2.08. The first-order valence-electron chi connectivity index (χ1n) is 4.35. The van der Waals surface area contributed by atoms with E-state index in [9.17, 15) is 8.42 Å². The van der Waals surface area contributed by atoms with Gasteiger partial charge >= 0.3 is 0 Å². The van der Waals surface area contributed by atoms with Crippen molar-refractivity contribution in [2.75, 3.05) is 6.54 Å². The topological polar surface area (TPSA) is 66.4 Å². The molecule has 84 valence electrons. The van der Waals surface area contributed by atoms with Gasteiger partial charge in [0.1, 0.15) is 0 Å². The van der Waals surface area contributed by atoms with Gasteiger partial charge in [0.25, 0.3) is 0 Å². The number of aliphatic hydroxyl groups excluding tert-OH is 1. The molecule has 0 saturated carbocycles. The van der Waals surface area contributed by atoms with Crippen LogP contribution < -0.4 is 4.72 Å². The molecule has 1 aromatic carbocycles. The van der Waals surface area contributed by atoms with Crippen molar-refractivity contribution in [2.45, 2.75) is 17.9 Å². The van der Waals surface area contributed by atoms with Crippen LogP contribution in [0.5, 0.6) is 0 Å². The number of halogens is 1. The molecular weight excluding hydrogens is 282 g/mol. The predicted octanol–water partition coefficient (Wildman–Crippen LogP) is 1.11. The monoisotopic (exact) mass is 293 g/mol. The fraction of sp³-hybridized carbons (Fsp3) is 0.333. The quantitative estimate of drug-likeness (QED) is 0.874. The van der Waals surface area contributed by atoms with Gasteiger partial charge < -0.3 is 5.11 Å². The Morgan fingerprint density at radius 1 is 1.53 bits per heavy atom. The highest BCUT2D eigenvalue weighted by atomic mass is 79.9. The number of nitrogens with one attached hydrogen (secondary N) is 1. The predicted molar refractivity (Wildman–Crippen MR) is 61.0 cm³/mol. The molecule has 0 radical (unpaired) electrons. The van der Waals surface area contributed by atoms with Gasteiger partial charge in [-0.05, 0) is 25.1 Å². The highest BCUT2D eigenvalue weighted by molar-refractivity contribution is 9.10. The maximum Gasteiger partial charge on any atom is 0.240 e. The van der Waals surface area contributed by atoms with Gasteiger partial charge in [-0.25, -0.2) is 13.1 Å². The molecule has 0 aliphatic rings. The number of rotatable bonds is 4. The summed E-state index contributed by atoms with van der Waals surface area (Å²) >= 11 is 3.19. The number of benzene rings is 1. The fourth-order valence-electron chi connectivity index (χ4n) is 0.948. The SMILES string of the molecule is CC(O)CNS(=O)(=O)c1cccc(Br)c1. The molecule has 0 aliphatic carbocycles. The minimum atomic E-state index is -3.52. The second kappa shape index (κ2) is 5.07. The molecule has 1 rings (SSSR count). The first kappa shape index (κ1) is 12.6.